The van der Waals surface area contributed by atoms with Gasteiger partial charge < -0.3 is 10.5 Å². The highest BCUT2D eigenvalue weighted by Gasteiger charge is 2.02. The van der Waals surface area contributed by atoms with Gasteiger partial charge in [-0.25, -0.2) is 0 Å². The molecule has 0 aliphatic rings. The molecule has 1 aromatic rings. The fraction of sp³-hybridized carbons (Fsp3) is 0.455. The van der Waals surface area contributed by atoms with Crippen molar-refractivity contribution in [3.63, 3.8) is 0 Å². The van der Waals surface area contributed by atoms with Crippen LogP contribution in [0, 0.1) is 13.8 Å². The van der Waals surface area contributed by atoms with E-state index in [1.54, 1.807) is 0 Å². The van der Waals surface area contributed by atoms with Crippen molar-refractivity contribution in [2.75, 3.05) is 13.2 Å². The SMILES string of the molecule is Cc1cc(OCCCN)cc(C)c1Br. The lowest BCUT2D eigenvalue weighted by Crippen LogP contribution is -2.06. The molecule has 1 rings (SSSR count). The number of halogens is 1. The number of hydrogen-bond acceptors (Lipinski definition) is 2. The number of nitrogens with two attached hydrogens (primary N) is 1. The minimum absolute atomic E-state index is 0.675. The van der Waals surface area contributed by atoms with Gasteiger partial charge in [-0.2, -0.15) is 0 Å². The second kappa shape index (κ2) is 5.37. The van der Waals surface area contributed by atoms with Gasteiger partial charge in [0.05, 0.1) is 6.61 Å². The highest BCUT2D eigenvalue weighted by molar-refractivity contribution is 9.10. The fourth-order valence-corrected chi connectivity index (χ4v) is 1.49. The second-order valence-electron chi connectivity index (χ2n) is 3.36. The van der Waals surface area contributed by atoms with Crippen molar-refractivity contribution in [1.29, 1.82) is 0 Å². The maximum absolute atomic E-state index is 5.56. The quantitative estimate of drug-likeness (QED) is 0.843. The zero-order chi connectivity index (χ0) is 10.6. The van der Waals surface area contributed by atoms with Crippen LogP contribution in [0.5, 0.6) is 5.75 Å². The summed E-state index contributed by atoms with van der Waals surface area (Å²) in [6, 6.07) is 4.07. The Balaban J connectivity index is 2.69. The van der Waals surface area contributed by atoms with Crippen LogP contribution in [0.2, 0.25) is 0 Å². The van der Waals surface area contributed by atoms with Gasteiger partial charge in [-0.1, -0.05) is 15.9 Å². The molecule has 14 heavy (non-hydrogen) atoms. The first kappa shape index (κ1) is 11.5. The van der Waals surface area contributed by atoms with Gasteiger partial charge in [0.2, 0.25) is 0 Å². The molecular weight excluding hydrogens is 242 g/mol. The molecule has 3 heteroatoms. The molecule has 0 saturated carbocycles. The second-order valence-corrected chi connectivity index (χ2v) is 4.15. The maximum atomic E-state index is 5.56. The van der Waals surface area contributed by atoms with E-state index in [0.717, 1.165) is 16.6 Å². The summed E-state index contributed by atoms with van der Waals surface area (Å²) >= 11 is 3.52. The molecule has 1 aromatic carbocycles. The van der Waals surface area contributed by atoms with Crippen molar-refractivity contribution < 1.29 is 4.74 Å². The Labute approximate surface area is 93.6 Å². The van der Waals surface area contributed by atoms with Crippen molar-refractivity contribution in [1.82, 2.24) is 0 Å². The van der Waals surface area contributed by atoms with Crippen LogP contribution in [-0.4, -0.2) is 13.2 Å². The average Bonchev–Trinajstić information content (AvgIpc) is 2.14. The normalized spacial score (nSPS) is 10.3. The third kappa shape index (κ3) is 3.00. The molecule has 0 heterocycles. The molecule has 0 aliphatic heterocycles. The van der Waals surface area contributed by atoms with E-state index in [0.29, 0.717) is 13.2 Å². The monoisotopic (exact) mass is 257 g/mol. The van der Waals surface area contributed by atoms with E-state index < -0.39 is 0 Å². The van der Waals surface area contributed by atoms with Crippen LogP contribution >= 0.6 is 15.9 Å². The molecule has 2 N–H and O–H groups in total. The Kier molecular flexibility index (Phi) is 4.42. The molecule has 0 unspecified atom stereocenters. The predicted molar refractivity (Wildman–Crippen MR) is 62.8 cm³/mol. The Bertz CT molecular complexity index is 289. The summed E-state index contributed by atoms with van der Waals surface area (Å²) in [7, 11) is 0. The first-order valence-corrected chi connectivity index (χ1v) is 5.54. The van der Waals surface area contributed by atoms with E-state index in [4.69, 9.17) is 10.5 Å². The number of rotatable bonds is 4. The third-order valence-electron chi connectivity index (χ3n) is 2.03. The van der Waals surface area contributed by atoms with E-state index in [1.165, 1.54) is 11.1 Å². The summed E-state index contributed by atoms with van der Waals surface area (Å²) in [4.78, 5) is 0. The smallest absolute Gasteiger partial charge is 0.119 e. The maximum Gasteiger partial charge on any atom is 0.119 e. The van der Waals surface area contributed by atoms with E-state index in [1.807, 2.05) is 12.1 Å². The standard InChI is InChI=1S/C11H16BrNO/c1-8-6-10(14-5-3-4-13)7-9(2)11(8)12/h6-7H,3-5,13H2,1-2H3. The lowest BCUT2D eigenvalue weighted by molar-refractivity contribution is 0.313. The van der Waals surface area contributed by atoms with E-state index in [2.05, 4.69) is 29.8 Å². The molecule has 0 radical (unpaired) electrons. The van der Waals surface area contributed by atoms with Crippen LogP contribution in [0.1, 0.15) is 17.5 Å². The summed E-state index contributed by atoms with van der Waals surface area (Å²) in [5.74, 6) is 0.927. The molecule has 78 valence electrons. The molecule has 0 fully saturated rings. The molecule has 0 bridgehead atoms. The van der Waals surface area contributed by atoms with Crippen molar-refractivity contribution in [3.05, 3.63) is 27.7 Å². The lowest BCUT2D eigenvalue weighted by Gasteiger charge is -2.09. The van der Waals surface area contributed by atoms with Gasteiger partial charge in [-0.15, -0.1) is 0 Å². The predicted octanol–water partition coefficient (Wildman–Crippen LogP) is 2.79. The minimum Gasteiger partial charge on any atom is -0.494 e. The Morgan fingerprint density at radius 3 is 2.36 bits per heavy atom. The number of benzene rings is 1. The number of hydrogen-bond donors (Lipinski definition) is 1. The van der Waals surface area contributed by atoms with Gasteiger partial charge in [-0.3, -0.25) is 0 Å². The molecule has 0 spiro atoms. The van der Waals surface area contributed by atoms with Crippen LogP contribution in [0.15, 0.2) is 16.6 Å². The molecule has 0 atom stereocenters. The van der Waals surface area contributed by atoms with Crippen molar-refractivity contribution in [2.45, 2.75) is 20.3 Å². The summed E-state index contributed by atoms with van der Waals surface area (Å²) in [5, 5.41) is 0. The molecule has 2 nitrogen and oxygen atoms in total. The van der Waals surface area contributed by atoms with Gasteiger partial charge >= 0.3 is 0 Å². The van der Waals surface area contributed by atoms with E-state index in [-0.39, 0.29) is 0 Å². The summed E-state index contributed by atoms with van der Waals surface area (Å²) in [5.41, 5.74) is 7.79. The first-order valence-electron chi connectivity index (χ1n) is 4.74. The van der Waals surface area contributed by atoms with E-state index >= 15 is 0 Å². The average molecular weight is 258 g/mol. The lowest BCUT2D eigenvalue weighted by atomic mass is 10.1. The molecule has 0 saturated heterocycles. The summed E-state index contributed by atoms with van der Waals surface area (Å²) in [6.07, 6.45) is 0.897. The van der Waals surface area contributed by atoms with Crippen LogP contribution < -0.4 is 10.5 Å². The van der Waals surface area contributed by atoms with Crippen LogP contribution in [-0.2, 0) is 0 Å². The third-order valence-corrected chi connectivity index (χ3v) is 3.28. The topological polar surface area (TPSA) is 35.2 Å². The zero-order valence-electron chi connectivity index (χ0n) is 8.64. The van der Waals surface area contributed by atoms with Gasteiger partial charge in [0, 0.05) is 4.47 Å². The largest absolute Gasteiger partial charge is 0.494 e. The Morgan fingerprint density at radius 2 is 1.86 bits per heavy atom. The highest BCUT2D eigenvalue weighted by Crippen LogP contribution is 2.26. The summed E-state index contributed by atoms with van der Waals surface area (Å²) in [6.45, 7) is 5.49. The van der Waals surface area contributed by atoms with Gasteiger partial charge in [0.1, 0.15) is 5.75 Å². The Morgan fingerprint density at radius 1 is 1.29 bits per heavy atom. The molecule has 0 amide bonds. The zero-order valence-corrected chi connectivity index (χ0v) is 10.2. The summed E-state index contributed by atoms with van der Waals surface area (Å²) < 4.78 is 6.72. The highest BCUT2D eigenvalue weighted by atomic mass is 79.9. The van der Waals surface area contributed by atoms with Crippen LogP contribution in [0.25, 0.3) is 0 Å². The van der Waals surface area contributed by atoms with Crippen molar-refractivity contribution >= 4 is 15.9 Å². The number of ether oxygens (including phenoxy) is 1. The van der Waals surface area contributed by atoms with Crippen molar-refractivity contribution in [2.24, 2.45) is 5.73 Å². The van der Waals surface area contributed by atoms with Gasteiger partial charge in [0.15, 0.2) is 0 Å². The van der Waals surface area contributed by atoms with Gasteiger partial charge in [0.25, 0.3) is 0 Å². The Hall–Kier alpha value is -0.540. The fourth-order valence-electron chi connectivity index (χ4n) is 1.26. The molecular formula is C11H16BrNO. The van der Waals surface area contributed by atoms with Crippen LogP contribution in [0.3, 0.4) is 0 Å². The molecule has 0 aromatic heterocycles. The van der Waals surface area contributed by atoms with Gasteiger partial charge in [-0.05, 0) is 50.1 Å². The number of aryl methyl sites for hydroxylation is 2. The minimum atomic E-state index is 0.675. The first-order chi connectivity index (χ1) is 6.65. The van der Waals surface area contributed by atoms with E-state index in [9.17, 15) is 0 Å². The van der Waals surface area contributed by atoms with Crippen molar-refractivity contribution in [3.8, 4) is 5.75 Å². The molecule has 0 aliphatic carbocycles. The van der Waals surface area contributed by atoms with Crippen LogP contribution in [0.4, 0.5) is 0 Å².